The van der Waals surface area contributed by atoms with E-state index in [9.17, 15) is 4.79 Å². The van der Waals surface area contributed by atoms with Gasteiger partial charge in [-0.15, -0.1) is 0 Å². The van der Waals surface area contributed by atoms with Gasteiger partial charge in [0.1, 0.15) is 5.82 Å². The number of ether oxygens (including phenoxy) is 1. The number of amides is 1. The Morgan fingerprint density at radius 2 is 1.88 bits per heavy atom. The first-order valence-corrected chi connectivity index (χ1v) is 9.62. The first-order valence-electron chi connectivity index (χ1n) is 9.62. The lowest BCUT2D eigenvalue weighted by Crippen LogP contribution is -2.49. The molecule has 0 spiro atoms. The van der Waals surface area contributed by atoms with Crippen molar-refractivity contribution in [3.8, 4) is 0 Å². The van der Waals surface area contributed by atoms with E-state index in [1.54, 1.807) is 0 Å². The molecule has 3 aliphatic rings. The summed E-state index contributed by atoms with van der Waals surface area (Å²) in [7, 11) is 0. The van der Waals surface area contributed by atoms with Crippen molar-refractivity contribution in [3.63, 3.8) is 0 Å². The Bertz CT molecular complexity index is 580. The van der Waals surface area contributed by atoms with Gasteiger partial charge in [-0.25, -0.2) is 4.98 Å². The van der Waals surface area contributed by atoms with E-state index in [-0.39, 0.29) is 11.9 Å². The summed E-state index contributed by atoms with van der Waals surface area (Å²) < 4.78 is 5.37. The Kier molecular flexibility index (Phi) is 5.17. The van der Waals surface area contributed by atoms with E-state index >= 15 is 0 Å². The smallest absolute Gasteiger partial charge is 0.240 e. The molecule has 6 nitrogen and oxygen atoms in total. The minimum absolute atomic E-state index is 0.0244. The van der Waals surface area contributed by atoms with Crippen molar-refractivity contribution in [2.24, 2.45) is 0 Å². The van der Waals surface area contributed by atoms with Crippen molar-refractivity contribution in [1.29, 1.82) is 0 Å². The Morgan fingerprint density at radius 1 is 1.08 bits per heavy atom. The van der Waals surface area contributed by atoms with Crippen molar-refractivity contribution in [1.82, 2.24) is 14.8 Å². The fourth-order valence-electron chi connectivity index (χ4n) is 4.17. The maximum absolute atomic E-state index is 12.8. The highest BCUT2D eigenvalue weighted by Crippen LogP contribution is 2.23. The van der Waals surface area contributed by atoms with Crippen LogP contribution in [-0.2, 0) is 16.1 Å². The van der Waals surface area contributed by atoms with Crippen molar-refractivity contribution in [3.05, 3.63) is 23.9 Å². The minimum atomic E-state index is 0.0244. The largest absolute Gasteiger partial charge is 0.378 e. The summed E-state index contributed by atoms with van der Waals surface area (Å²) in [6.07, 6.45) is 6.59. The van der Waals surface area contributed by atoms with Crippen LogP contribution in [0.25, 0.3) is 0 Å². The Hall–Kier alpha value is -1.66. The molecular formula is C19H28N4O2. The Morgan fingerprint density at radius 3 is 2.60 bits per heavy atom. The highest BCUT2D eigenvalue weighted by Gasteiger charge is 2.34. The van der Waals surface area contributed by atoms with E-state index in [4.69, 9.17) is 4.74 Å². The first kappa shape index (κ1) is 16.8. The molecule has 0 radical (unpaired) electrons. The maximum Gasteiger partial charge on any atom is 0.240 e. The van der Waals surface area contributed by atoms with Crippen molar-refractivity contribution in [2.45, 2.75) is 38.3 Å². The van der Waals surface area contributed by atoms with Crippen LogP contribution in [0.1, 0.15) is 31.2 Å². The molecule has 0 aromatic carbocycles. The third kappa shape index (κ3) is 3.80. The number of aromatic nitrogens is 1. The molecule has 3 saturated heterocycles. The summed E-state index contributed by atoms with van der Waals surface area (Å²) in [5.41, 5.74) is 1.20. The van der Waals surface area contributed by atoms with Crippen LogP contribution < -0.4 is 4.90 Å². The minimum Gasteiger partial charge on any atom is -0.378 e. The van der Waals surface area contributed by atoms with Gasteiger partial charge in [0.15, 0.2) is 0 Å². The molecule has 3 fully saturated rings. The van der Waals surface area contributed by atoms with Gasteiger partial charge in [0.25, 0.3) is 0 Å². The van der Waals surface area contributed by atoms with Crippen LogP contribution in [0.4, 0.5) is 5.82 Å². The summed E-state index contributed by atoms with van der Waals surface area (Å²) in [5, 5.41) is 0. The number of anilines is 1. The monoisotopic (exact) mass is 344 g/mol. The standard InChI is InChI=1S/C19H28N4O2/c24-19(22-10-12-25-13-11-22)17-4-3-9-23(17)15-16-5-6-18(20-14-16)21-7-1-2-8-21/h5-6,14,17H,1-4,7-13,15H2. The molecule has 1 atom stereocenters. The molecule has 3 aliphatic heterocycles. The van der Waals surface area contributed by atoms with Gasteiger partial charge < -0.3 is 14.5 Å². The molecule has 0 saturated carbocycles. The van der Waals surface area contributed by atoms with Gasteiger partial charge >= 0.3 is 0 Å². The Labute approximate surface area is 149 Å². The topological polar surface area (TPSA) is 48.9 Å². The van der Waals surface area contributed by atoms with Crippen molar-refractivity contribution in [2.75, 3.05) is 50.8 Å². The molecule has 25 heavy (non-hydrogen) atoms. The fourth-order valence-corrected chi connectivity index (χ4v) is 4.17. The number of carbonyl (C=O) groups excluding carboxylic acids is 1. The molecule has 0 aliphatic carbocycles. The molecule has 6 heteroatoms. The van der Waals surface area contributed by atoms with Gasteiger partial charge in [-0.05, 0) is 43.9 Å². The molecule has 136 valence electrons. The average Bonchev–Trinajstić information content (AvgIpc) is 3.35. The third-order valence-electron chi connectivity index (χ3n) is 5.60. The maximum atomic E-state index is 12.8. The molecule has 0 N–H and O–H groups in total. The number of carbonyl (C=O) groups is 1. The molecule has 4 heterocycles. The summed E-state index contributed by atoms with van der Waals surface area (Å²) in [6.45, 7) is 6.84. The van der Waals surface area contributed by atoms with Gasteiger partial charge in [0.05, 0.1) is 19.3 Å². The van der Waals surface area contributed by atoms with Gasteiger partial charge in [0, 0.05) is 38.9 Å². The number of morpholine rings is 1. The number of pyridine rings is 1. The highest BCUT2D eigenvalue weighted by molar-refractivity contribution is 5.82. The molecule has 0 bridgehead atoms. The molecular weight excluding hydrogens is 316 g/mol. The predicted molar refractivity (Wildman–Crippen MR) is 96.5 cm³/mol. The SMILES string of the molecule is O=C(C1CCCN1Cc1ccc(N2CCCC2)nc1)N1CCOCC1. The number of rotatable bonds is 4. The predicted octanol–water partition coefficient (Wildman–Crippen LogP) is 1.50. The zero-order valence-electron chi connectivity index (χ0n) is 14.9. The van der Waals surface area contributed by atoms with Crippen LogP contribution in [-0.4, -0.2) is 72.7 Å². The number of hydrogen-bond acceptors (Lipinski definition) is 5. The van der Waals surface area contributed by atoms with Crippen LogP contribution in [0.3, 0.4) is 0 Å². The van der Waals surface area contributed by atoms with Crippen LogP contribution in [0, 0.1) is 0 Å². The second-order valence-electron chi connectivity index (χ2n) is 7.28. The fraction of sp³-hybridized carbons (Fsp3) is 0.684. The van der Waals surface area contributed by atoms with Crippen molar-refractivity contribution < 1.29 is 9.53 Å². The number of likely N-dealkylation sites (tertiary alicyclic amines) is 1. The lowest BCUT2D eigenvalue weighted by molar-refractivity contribution is -0.140. The van der Waals surface area contributed by atoms with Gasteiger partial charge in [0.2, 0.25) is 5.91 Å². The van der Waals surface area contributed by atoms with Crippen LogP contribution in [0.15, 0.2) is 18.3 Å². The van der Waals surface area contributed by atoms with Gasteiger partial charge in [-0.3, -0.25) is 9.69 Å². The second kappa shape index (κ2) is 7.70. The van der Waals surface area contributed by atoms with E-state index in [1.165, 1.54) is 18.4 Å². The number of nitrogens with zero attached hydrogens (tertiary/aromatic N) is 4. The third-order valence-corrected chi connectivity index (χ3v) is 5.60. The van der Waals surface area contributed by atoms with E-state index in [2.05, 4.69) is 26.9 Å². The lowest BCUT2D eigenvalue weighted by atomic mass is 10.1. The highest BCUT2D eigenvalue weighted by atomic mass is 16.5. The number of hydrogen-bond donors (Lipinski definition) is 0. The zero-order chi connectivity index (χ0) is 17.1. The van der Waals surface area contributed by atoms with Crippen molar-refractivity contribution >= 4 is 11.7 Å². The normalized spacial score (nSPS) is 24.9. The molecule has 1 aromatic heterocycles. The van der Waals surface area contributed by atoms with E-state index in [0.717, 1.165) is 57.9 Å². The van der Waals surface area contributed by atoms with Crippen LogP contribution in [0.2, 0.25) is 0 Å². The molecule has 4 rings (SSSR count). The van der Waals surface area contributed by atoms with Gasteiger partial charge in [-0.2, -0.15) is 0 Å². The summed E-state index contributed by atoms with van der Waals surface area (Å²) >= 11 is 0. The average molecular weight is 344 g/mol. The van der Waals surface area contributed by atoms with Crippen LogP contribution >= 0.6 is 0 Å². The summed E-state index contributed by atoms with van der Waals surface area (Å²) in [4.78, 5) is 24.1. The van der Waals surface area contributed by atoms with Gasteiger partial charge in [-0.1, -0.05) is 6.07 Å². The second-order valence-corrected chi connectivity index (χ2v) is 7.28. The summed E-state index contributed by atoms with van der Waals surface area (Å²) in [5.74, 6) is 1.37. The van der Waals surface area contributed by atoms with E-state index in [1.807, 2.05) is 11.1 Å². The first-order chi connectivity index (χ1) is 12.3. The quantitative estimate of drug-likeness (QED) is 0.829. The lowest BCUT2D eigenvalue weighted by Gasteiger charge is -2.32. The Balaban J connectivity index is 1.38. The molecule has 1 aromatic rings. The zero-order valence-corrected chi connectivity index (χ0v) is 14.9. The van der Waals surface area contributed by atoms with E-state index < -0.39 is 0 Å². The summed E-state index contributed by atoms with van der Waals surface area (Å²) in [6, 6.07) is 4.33. The molecule has 1 amide bonds. The van der Waals surface area contributed by atoms with Crippen LogP contribution in [0.5, 0.6) is 0 Å². The van der Waals surface area contributed by atoms with E-state index in [0.29, 0.717) is 13.2 Å². The molecule has 1 unspecified atom stereocenters.